The number of imidazole rings is 2. The van der Waals surface area contributed by atoms with E-state index in [1.807, 2.05) is 55.6 Å². The van der Waals surface area contributed by atoms with Crippen molar-refractivity contribution < 1.29 is 9.13 Å². The van der Waals surface area contributed by atoms with Crippen molar-refractivity contribution in [2.24, 2.45) is 4.99 Å². The number of hydrogen-bond acceptors (Lipinski definition) is 8. The van der Waals surface area contributed by atoms with Gasteiger partial charge in [-0.05, 0) is 73.7 Å². The molecule has 3 aromatic carbocycles. The van der Waals surface area contributed by atoms with Crippen LogP contribution in [0, 0.1) is 24.2 Å². The Kier molecular flexibility index (Phi) is 14.1. The van der Waals surface area contributed by atoms with Crippen molar-refractivity contribution in [2.45, 2.75) is 44.5 Å². The minimum absolute atomic E-state index is 0.212. The van der Waals surface area contributed by atoms with Crippen LogP contribution in [0.2, 0.25) is 0 Å². The number of piperidine rings is 1. The molecule has 0 bridgehead atoms. The maximum atomic E-state index is 13.4. The summed E-state index contributed by atoms with van der Waals surface area (Å²) in [5.41, 5.74) is 6.67. The average molecular weight is 711 g/mol. The van der Waals surface area contributed by atoms with Crippen LogP contribution >= 0.6 is 11.8 Å². The van der Waals surface area contributed by atoms with Gasteiger partial charge in [-0.15, -0.1) is 0 Å². The molecular weight excluding hydrogens is 664 g/mol. The molecule has 11 nitrogen and oxygen atoms in total. The summed E-state index contributed by atoms with van der Waals surface area (Å²) >= 11 is 1.79. The van der Waals surface area contributed by atoms with Crippen molar-refractivity contribution in [3.05, 3.63) is 107 Å². The lowest BCUT2D eigenvalue weighted by molar-refractivity contribution is 0.221. The fourth-order valence-electron chi connectivity index (χ4n) is 5.86. The van der Waals surface area contributed by atoms with E-state index in [9.17, 15) is 4.39 Å². The summed E-state index contributed by atoms with van der Waals surface area (Å²) in [7, 11) is 3.33. The molecule has 268 valence electrons. The number of nitrogens with zero attached hydrogens (tertiary/aromatic N) is 6. The smallest absolute Gasteiger partial charge is 0.204 e. The first kappa shape index (κ1) is 37.2. The van der Waals surface area contributed by atoms with E-state index in [4.69, 9.17) is 15.0 Å². The van der Waals surface area contributed by atoms with Gasteiger partial charge in [0.15, 0.2) is 6.19 Å². The second kappa shape index (κ2) is 19.4. The van der Waals surface area contributed by atoms with E-state index in [1.165, 1.54) is 17.7 Å². The number of aromatic amines is 1. The SMILES string of the molecule is CN=C(NC#N)NCCSCc1nc[nH]c1C.COc1ccc(CCN2CCC(Nc3nc4ccccc4n3Cc3ccc(F)cc3)CC2)cc1. The van der Waals surface area contributed by atoms with Crippen LogP contribution in [0.1, 0.15) is 35.4 Å². The summed E-state index contributed by atoms with van der Waals surface area (Å²) in [4.78, 5) is 18.6. The topological polar surface area (TPSA) is 131 Å². The minimum atomic E-state index is -0.212. The zero-order valence-electron chi connectivity index (χ0n) is 29.5. The maximum Gasteiger partial charge on any atom is 0.204 e. The number of aryl methyl sites for hydroxylation is 1. The third-order valence-corrected chi connectivity index (χ3v) is 9.79. The monoisotopic (exact) mass is 710 g/mol. The second-order valence-corrected chi connectivity index (χ2v) is 13.4. The van der Waals surface area contributed by atoms with Crippen LogP contribution in [0.25, 0.3) is 11.0 Å². The van der Waals surface area contributed by atoms with Crippen LogP contribution in [-0.2, 0) is 18.7 Å². The van der Waals surface area contributed by atoms with Gasteiger partial charge in [-0.1, -0.05) is 36.4 Å². The van der Waals surface area contributed by atoms with E-state index in [2.05, 4.69) is 58.6 Å². The van der Waals surface area contributed by atoms with Crippen LogP contribution in [0.3, 0.4) is 0 Å². The van der Waals surface area contributed by atoms with Gasteiger partial charge in [-0.3, -0.25) is 10.3 Å². The Hall–Kier alpha value is -5.06. The highest BCUT2D eigenvalue weighted by Crippen LogP contribution is 2.24. The third-order valence-electron chi connectivity index (χ3n) is 8.81. The number of ether oxygens (including phenoxy) is 1. The Bertz CT molecular complexity index is 1860. The molecule has 0 radical (unpaired) electrons. The lowest BCUT2D eigenvalue weighted by atomic mass is 10.0. The number of aliphatic imine (C=N–C) groups is 1. The highest BCUT2D eigenvalue weighted by atomic mass is 32.2. The summed E-state index contributed by atoms with van der Waals surface area (Å²) < 4.78 is 20.8. The Morgan fingerprint density at radius 3 is 2.51 bits per heavy atom. The van der Waals surface area contributed by atoms with Crippen molar-refractivity contribution >= 4 is 34.7 Å². The zero-order valence-corrected chi connectivity index (χ0v) is 30.3. The van der Waals surface area contributed by atoms with Crippen LogP contribution in [0.15, 0.2) is 84.1 Å². The lowest BCUT2D eigenvalue weighted by Crippen LogP contribution is -2.40. The molecule has 13 heteroatoms. The molecule has 1 aliphatic heterocycles. The largest absolute Gasteiger partial charge is 0.497 e. The van der Waals surface area contributed by atoms with Crippen molar-refractivity contribution in [3.8, 4) is 11.9 Å². The Balaban J connectivity index is 0.000000251. The summed E-state index contributed by atoms with van der Waals surface area (Å²) in [6.45, 7) is 6.65. The number of nitrogens with one attached hydrogen (secondary N) is 4. The first-order valence-corrected chi connectivity index (χ1v) is 18.3. The van der Waals surface area contributed by atoms with E-state index in [-0.39, 0.29) is 5.82 Å². The molecule has 51 heavy (non-hydrogen) atoms. The predicted molar refractivity (Wildman–Crippen MR) is 205 cm³/mol. The van der Waals surface area contributed by atoms with Gasteiger partial charge < -0.3 is 29.8 Å². The number of para-hydroxylation sites is 2. The van der Waals surface area contributed by atoms with E-state index >= 15 is 0 Å². The molecule has 1 aliphatic rings. The number of H-pyrrole nitrogens is 1. The second-order valence-electron chi connectivity index (χ2n) is 12.3. The summed E-state index contributed by atoms with van der Waals surface area (Å²) in [5, 5.41) is 17.6. The number of guanidine groups is 1. The summed E-state index contributed by atoms with van der Waals surface area (Å²) in [6.07, 6.45) is 6.76. The maximum absolute atomic E-state index is 13.4. The molecule has 0 saturated carbocycles. The quantitative estimate of drug-likeness (QED) is 0.0385. The number of aromatic nitrogens is 4. The van der Waals surface area contributed by atoms with Crippen molar-refractivity contribution in [1.29, 1.82) is 5.26 Å². The molecule has 0 atom stereocenters. The number of nitriles is 1. The average Bonchev–Trinajstić information content (AvgIpc) is 3.73. The third kappa shape index (κ3) is 11.2. The molecule has 3 heterocycles. The van der Waals surface area contributed by atoms with E-state index in [0.29, 0.717) is 18.5 Å². The van der Waals surface area contributed by atoms with E-state index in [0.717, 1.165) is 96.6 Å². The van der Waals surface area contributed by atoms with Gasteiger partial charge in [0.1, 0.15) is 11.6 Å². The molecule has 4 N–H and O–H groups in total. The standard InChI is InChI=1S/C28H31FN4O.C10H16N6S/c1-34-25-12-8-21(9-13-25)14-17-32-18-15-24(16-19-32)30-28-31-26-4-2-3-5-27(26)33(28)20-22-6-10-23(29)11-7-22;1-8-9(16-7-15-8)5-17-4-3-13-10(12-2)14-6-11/h2-13,24H,14-20H2,1H3,(H,30,31);7H,3-5H2,1-2H3,(H,15,16)(H2,12,13,14). The molecule has 1 fully saturated rings. The number of methoxy groups -OCH3 is 1. The number of anilines is 1. The van der Waals surface area contributed by atoms with Crippen molar-refractivity contribution in [2.75, 3.05) is 51.4 Å². The number of thioether (sulfide) groups is 1. The molecule has 0 unspecified atom stereocenters. The molecular formula is C38H47FN10OS. The summed E-state index contributed by atoms with van der Waals surface area (Å²) in [5.74, 6) is 3.91. The highest BCUT2D eigenvalue weighted by Gasteiger charge is 2.21. The van der Waals surface area contributed by atoms with Gasteiger partial charge in [0.2, 0.25) is 11.9 Å². The van der Waals surface area contributed by atoms with Gasteiger partial charge in [-0.25, -0.2) is 14.4 Å². The first-order valence-electron chi connectivity index (χ1n) is 17.2. The van der Waals surface area contributed by atoms with Gasteiger partial charge in [0.25, 0.3) is 0 Å². The zero-order chi connectivity index (χ0) is 35.8. The van der Waals surface area contributed by atoms with Crippen LogP contribution < -0.4 is 20.7 Å². The minimum Gasteiger partial charge on any atom is -0.497 e. The van der Waals surface area contributed by atoms with Gasteiger partial charge >= 0.3 is 0 Å². The van der Waals surface area contributed by atoms with E-state index in [1.54, 1.807) is 32.2 Å². The normalized spacial score (nSPS) is 13.7. The molecule has 0 spiro atoms. The number of hydrogen-bond donors (Lipinski definition) is 4. The Labute approximate surface area is 303 Å². The fourth-order valence-corrected chi connectivity index (χ4v) is 6.73. The molecule has 1 saturated heterocycles. The lowest BCUT2D eigenvalue weighted by Gasteiger charge is -2.32. The number of benzene rings is 3. The van der Waals surface area contributed by atoms with Crippen molar-refractivity contribution in [3.63, 3.8) is 0 Å². The van der Waals surface area contributed by atoms with Crippen LogP contribution in [0.4, 0.5) is 10.3 Å². The molecule has 0 amide bonds. The fraction of sp³-hybridized carbons (Fsp3) is 0.368. The van der Waals surface area contributed by atoms with Gasteiger partial charge in [0.05, 0.1) is 36.7 Å². The van der Waals surface area contributed by atoms with Crippen molar-refractivity contribution in [1.82, 2.24) is 35.1 Å². The highest BCUT2D eigenvalue weighted by molar-refractivity contribution is 7.98. The molecule has 2 aromatic heterocycles. The van der Waals surface area contributed by atoms with Gasteiger partial charge in [-0.2, -0.15) is 17.0 Å². The van der Waals surface area contributed by atoms with E-state index < -0.39 is 0 Å². The first-order chi connectivity index (χ1) is 24.9. The number of rotatable bonds is 13. The number of likely N-dealkylation sites (tertiary alicyclic amines) is 1. The number of fused-ring (bicyclic) bond motifs is 1. The predicted octanol–water partition coefficient (Wildman–Crippen LogP) is 5.95. The molecule has 6 rings (SSSR count). The Morgan fingerprint density at radius 2 is 1.82 bits per heavy atom. The van der Waals surface area contributed by atoms with Gasteiger partial charge in [0, 0.05) is 56.5 Å². The number of halogens is 1. The molecule has 0 aliphatic carbocycles. The summed E-state index contributed by atoms with van der Waals surface area (Å²) in [6, 6.07) is 23.7. The van der Waals surface area contributed by atoms with Crippen LogP contribution in [0.5, 0.6) is 5.75 Å². The Morgan fingerprint density at radius 1 is 1.08 bits per heavy atom. The van der Waals surface area contributed by atoms with Crippen LogP contribution in [-0.4, -0.2) is 82.5 Å². The molecule has 5 aromatic rings.